The molecule has 3 aromatic carbocycles. The fourth-order valence-electron chi connectivity index (χ4n) is 4.94. The summed E-state index contributed by atoms with van der Waals surface area (Å²) >= 11 is 0. The van der Waals surface area contributed by atoms with Gasteiger partial charge in [-0.2, -0.15) is 5.21 Å². The molecule has 0 aliphatic heterocycles. The standard InChI is InChI=1S/C34H37N5O4/c1-2-41-33(40)15-9-11-28-24-39(25-32-35-37-38-36-32)34-27(10-8-14-31(28)34)19-16-26-17-20-30(21-18-26)43-23-7-6-22-42-29-12-4-3-5-13-29/h3-5,8,10,12-14,16-21,24H,2,6-7,9,11,15,22-23,25H2,1H3,(H,35,36,37,38). The Labute approximate surface area is 251 Å². The second kappa shape index (κ2) is 15.3. The zero-order valence-corrected chi connectivity index (χ0v) is 24.4. The molecule has 0 amide bonds. The van der Waals surface area contributed by atoms with Crippen LogP contribution in [0.15, 0.2) is 79.0 Å². The van der Waals surface area contributed by atoms with Crippen molar-refractivity contribution in [3.63, 3.8) is 0 Å². The lowest BCUT2D eigenvalue weighted by atomic mass is 10.0. The number of fused-ring (bicyclic) bond motifs is 1. The Kier molecular flexibility index (Phi) is 10.6. The number of tetrazole rings is 1. The monoisotopic (exact) mass is 579 g/mol. The lowest BCUT2D eigenvalue weighted by molar-refractivity contribution is -0.143. The van der Waals surface area contributed by atoms with Gasteiger partial charge < -0.3 is 18.8 Å². The van der Waals surface area contributed by atoms with E-state index in [1.807, 2.05) is 49.4 Å². The summed E-state index contributed by atoms with van der Waals surface area (Å²) in [4.78, 5) is 11.9. The number of rotatable bonds is 16. The maximum atomic E-state index is 11.9. The molecule has 9 heteroatoms. The molecule has 0 unspecified atom stereocenters. The number of aromatic amines is 1. The molecule has 0 bridgehead atoms. The molecule has 0 saturated heterocycles. The molecule has 2 aromatic heterocycles. The van der Waals surface area contributed by atoms with Gasteiger partial charge in [-0.25, -0.2) is 0 Å². The Hall–Kier alpha value is -4.92. The van der Waals surface area contributed by atoms with Crippen LogP contribution < -0.4 is 9.47 Å². The summed E-state index contributed by atoms with van der Waals surface area (Å²) in [5, 5.41) is 15.7. The maximum Gasteiger partial charge on any atom is 0.305 e. The van der Waals surface area contributed by atoms with Gasteiger partial charge in [0, 0.05) is 18.0 Å². The third-order valence-electron chi connectivity index (χ3n) is 7.00. The molecule has 43 heavy (non-hydrogen) atoms. The minimum absolute atomic E-state index is 0.161. The highest BCUT2D eigenvalue weighted by molar-refractivity contribution is 5.93. The molecule has 0 radical (unpaired) electrons. The molecule has 9 nitrogen and oxygen atoms in total. The fraction of sp³-hybridized carbons (Fsp3) is 0.294. The van der Waals surface area contributed by atoms with E-state index in [0.29, 0.717) is 38.6 Å². The van der Waals surface area contributed by atoms with E-state index in [1.165, 1.54) is 5.56 Å². The summed E-state index contributed by atoms with van der Waals surface area (Å²) in [5.74, 6) is 2.19. The number of aromatic nitrogens is 5. The first kappa shape index (κ1) is 29.6. The predicted molar refractivity (Wildman–Crippen MR) is 167 cm³/mol. The average Bonchev–Trinajstić information content (AvgIpc) is 3.67. The van der Waals surface area contributed by atoms with Gasteiger partial charge in [-0.1, -0.05) is 65.9 Å². The van der Waals surface area contributed by atoms with E-state index < -0.39 is 0 Å². The van der Waals surface area contributed by atoms with E-state index in [2.05, 4.69) is 73.9 Å². The van der Waals surface area contributed by atoms with Crippen LogP contribution in [-0.4, -0.2) is 51.0 Å². The predicted octanol–water partition coefficient (Wildman–Crippen LogP) is 6.50. The summed E-state index contributed by atoms with van der Waals surface area (Å²) in [5.41, 5.74) is 4.42. The van der Waals surface area contributed by atoms with E-state index in [4.69, 9.17) is 14.2 Å². The topological polar surface area (TPSA) is 104 Å². The normalized spacial score (nSPS) is 11.3. The summed E-state index contributed by atoms with van der Waals surface area (Å²) < 4.78 is 18.9. The van der Waals surface area contributed by atoms with E-state index >= 15 is 0 Å². The minimum atomic E-state index is -0.161. The molecule has 0 spiro atoms. The van der Waals surface area contributed by atoms with Gasteiger partial charge in [0.05, 0.1) is 31.9 Å². The highest BCUT2D eigenvalue weighted by Gasteiger charge is 2.14. The number of unbranched alkanes of at least 4 members (excludes halogenated alkanes) is 1. The molecule has 0 fully saturated rings. The third-order valence-corrected chi connectivity index (χ3v) is 7.00. The van der Waals surface area contributed by atoms with Gasteiger partial charge in [-0.3, -0.25) is 4.79 Å². The number of nitrogens with one attached hydrogen (secondary N) is 1. The van der Waals surface area contributed by atoms with Crippen molar-refractivity contribution in [1.29, 1.82) is 0 Å². The highest BCUT2D eigenvalue weighted by atomic mass is 16.5. The molecule has 2 heterocycles. The Balaban J connectivity index is 1.21. The number of H-pyrrole nitrogens is 1. The Morgan fingerprint density at radius 3 is 2.37 bits per heavy atom. The van der Waals surface area contributed by atoms with Gasteiger partial charge in [0.1, 0.15) is 11.5 Å². The smallest absolute Gasteiger partial charge is 0.305 e. The molecule has 0 atom stereocenters. The number of para-hydroxylation sites is 2. The fourth-order valence-corrected chi connectivity index (χ4v) is 4.94. The second-order valence-electron chi connectivity index (χ2n) is 10.1. The molecule has 222 valence electrons. The highest BCUT2D eigenvalue weighted by Crippen LogP contribution is 2.28. The van der Waals surface area contributed by atoms with Crippen LogP contribution in [0.25, 0.3) is 23.1 Å². The van der Waals surface area contributed by atoms with Gasteiger partial charge in [-0.05, 0) is 73.6 Å². The summed E-state index contributed by atoms with van der Waals surface area (Å²) in [6.07, 6.45) is 10.1. The SMILES string of the molecule is CCOC(=O)CCCc1cn(Cc2nn[nH]n2)c2c(C=Cc3ccc(OCCCCOc4ccccc4)cc3)cccc12. The van der Waals surface area contributed by atoms with Gasteiger partial charge >= 0.3 is 5.97 Å². The van der Waals surface area contributed by atoms with E-state index in [9.17, 15) is 4.79 Å². The number of carbonyl (C=O) groups is 1. The van der Waals surface area contributed by atoms with Crippen LogP contribution in [0.3, 0.4) is 0 Å². The first-order valence-corrected chi connectivity index (χ1v) is 14.8. The zero-order chi connectivity index (χ0) is 29.7. The quantitative estimate of drug-likeness (QED) is 0.0809. The largest absolute Gasteiger partial charge is 0.494 e. The second-order valence-corrected chi connectivity index (χ2v) is 10.1. The average molecular weight is 580 g/mol. The number of benzene rings is 3. The van der Waals surface area contributed by atoms with Crippen LogP contribution in [0.1, 0.15) is 55.1 Å². The van der Waals surface area contributed by atoms with Crippen molar-refractivity contribution in [3.8, 4) is 11.5 Å². The lowest BCUT2D eigenvalue weighted by Gasteiger charge is -2.08. The molecule has 5 aromatic rings. The van der Waals surface area contributed by atoms with Crippen LogP contribution in [0, 0.1) is 0 Å². The Morgan fingerprint density at radius 2 is 1.65 bits per heavy atom. The van der Waals surface area contributed by atoms with Crippen LogP contribution in [0.4, 0.5) is 0 Å². The number of ether oxygens (including phenoxy) is 3. The lowest BCUT2D eigenvalue weighted by Crippen LogP contribution is -2.04. The number of hydrogen-bond acceptors (Lipinski definition) is 7. The van der Waals surface area contributed by atoms with E-state index in [0.717, 1.165) is 59.2 Å². The third kappa shape index (κ3) is 8.54. The van der Waals surface area contributed by atoms with E-state index in [-0.39, 0.29) is 5.97 Å². The summed E-state index contributed by atoms with van der Waals surface area (Å²) in [7, 11) is 0. The number of hydrogen-bond donors (Lipinski definition) is 1. The van der Waals surface area contributed by atoms with Gasteiger partial charge in [-0.15, -0.1) is 10.2 Å². The molecule has 0 saturated carbocycles. The van der Waals surface area contributed by atoms with Gasteiger partial charge in [0.15, 0.2) is 5.82 Å². The number of esters is 1. The summed E-state index contributed by atoms with van der Waals surface area (Å²) in [6, 6.07) is 24.3. The van der Waals surface area contributed by atoms with Crippen molar-refractivity contribution >= 4 is 29.0 Å². The Morgan fingerprint density at radius 1 is 0.884 bits per heavy atom. The van der Waals surface area contributed by atoms with Crippen molar-refractivity contribution in [2.45, 2.75) is 45.6 Å². The zero-order valence-electron chi connectivity index (χ0n) is 24.4. The molecule has 0 aliphatic rings. The Bertz CT molecular complexity index is 1600. The summed E-state index contributed by atoms with van der Waals surface area (Å²) in [6.45, 7) is 4.04. The molecule has 1 N–H and O–H groups in total. The van der Waals surface area contributed by atoms with Crippen LogP contribution in [-0.2, 0) is 22.5 Å². The van der Waals surface area contributed by atoms with Crippen molar-refractivity contribution in [1.82, 2.24) is 25.2 Å². The van der Waals surface area contributed by atoms with Crippen LogP contribution >= 0.6 is 0 Å². The number of aryl methyl sites for hydroxylation is 1. The minimum Gasteiger partial charge on any atom is -0.494 e. The van der Waals surface area contributed by atoms with E-state index in [1.54, 1.807) is 0 Å². The van der Waals surface area contributed by atoms with Crippen LogP contribution in [0.5, 0.6) is 11.5 Å². The van der Waals surface area contributed by atoms with Crippen molar-refractivity contribution in [2.24, 2.45) is 0 Å². The molecular weight excluding hydrogens is 542 g/mol. The van der Waals surface area contributed by atoms with Gasteiger partial charge in [0.25, 0.3) is 0 Å². The maximum absolute atomic E-state index is 11.9. The number of carbonyl (C=O) groups excluding carboxylic acids is 1. The van der Waals surface area contributed by atoms with Crippen molar-refractivity contribution < 1.29 is 19.0 Å². The van der Waals surface area contributed by atoms with Crippen molar-refractivity contribution in [3.05, 3.63) is 102 Å². The first-order valence-electron chi connectivity index (χ1n) is 14.8. The molecule has 0 aliphatic carbocycles. The van der Waals surface area contributed by atoms with Gasteiger partial charge in [0.2, 0.25) is 0 Å². The molecular formula is C34H37N5O4. The molecule has 5 rings (SSSR count). The first-order chi connectivity index (χ1) is 21.2. The van der Waals surface area contributed by atoms with Crippen molar-refractivity contribution in [2.75, 3.05) is 19.8 Å². The van der Waals surface area contributed by atoms with Crippen LogP contribution in [0.2, 0.25) is 0 Å². The number of nitrogens with zero attached hydrogens (tertiary/aromatic N) is 4.